The largest absolute Gasteiger partial charge is 0.477 e. The summed E-state index contributed by atoms with van der Waals surface area (Å²) in [5.41, 5.74) is 0.714. The zero-order valence-electron chi connectivity index (χ0n) is 21.2. The van der Waals surface area contributed by atoms with Crippen LogP contribution in [0.2, 0.25) is 0 Å². The molecule has 0 amide bonds. The number of aromatic nitrogens is 5. The molecule has 4 aromatic rings. The molecule has 200 valence electrons. The number of pyridine rings is 1. The lowest BCUT2D eigenvalue weighted by Gasteiger charge is -2.15. The molecule has 0 saturated heterocycles. The maximum atomic E-state index is 13.7. The Bertz CT molecular complexity index is 1580. The fraction of sp³-hybridized carbons (Fsp3) is 0.407. The van der Waals surface area contributed by atoms with Crippen LogP contribution < -0.4 is 16.0 Å². The molecule has 1 aliphatic carbocycles. The Morgan fingerprint density at radius 1 is 1.13 bits per heavy atom. The second-order valence-corrected chi connectivity index (χ2v) is 9.79. The smallest absolute Gasteiger partial charge is 0.332 e. The summed E-state index contributed by atoms with van der Waals surface area (Å²) >= 11 is 0. The van der Waals surface area contributed by atoms with Crippen molar-refractivity contribution >= 4 is 11.2 Å². The monoisotopic (exact) mass is 525 g/mol. The summed E-state index contributed by atoms with van der Waals surface area (Å²) in [4.78, 5) is 36.2. The third-order valence-electron chi connectivity index (χ3n) is 6.69. The Morgan fingerprint density at radius 3 is 2.53 bits per heavy atom. The number of nitrogens with zero attached hydrogens (tertiary/aromatic N) is 5. The van der Waals surface area contributed by atoms with Gasteiger partial charge in [-0.25, -0.2) is 23.5 Å². The van der Waals surface area contributed by atoms with E-state index in [1.54, 1.807) is 16.7 Å². The van der Waals surface area contributed by atoms with E-state index in [1.807, 2.05) is 44.2 Å². The van der Waals surface area contributed by atoms with E-state index in [1.165, 1.54) is 10.8 Å². The van der Waals surface area contributed by atoms with Gasteiger partial charge in [-0.2, -0.15) is 0 Å². The molecular weight excluding hydrogens is 496 g/mol. The molecule has 1 atom stereocenters. The minimum Gasteiger partial charge on any atom is -0.477 e. The maximum Gasteiger partial charge on any atom is 0.332 e. The first-order chi connectivity index (χ1) is 18.2. The first-order valence-electron chi connectivity index (χ1n) is 12.6. The molecule has 3 heterocycles. The van der Waals surface area contributed by atoms with Gasteiger partial charge in [0.05, 0.1) is 18.1 Å². The molecule has 0 bridgehead atoms. The van der Waals surface area contributed by atoms with Crippen LogP contribution >= 0.6 is 0 Å². The maximum absolute atomic E-state index is 13.7. The molecule has 38 heavy (non-hydrogen) atoms. The summed E-state index contributed by atoms with van der Waals surface area (Å²) in [6, 6.07) is 12.5. The van der Waals surface area contributed by atoms with Gasteiger partial charge in [0.25, 0.3) is 11.5 Å². The van der Waals surface area contributed by atoms with E-state index in [4.69, 9.17) is 9.72 Å². The zero-order valence-corrected chi connectivity index (χ0v) is 21.2. The Balaban J connectivity index is 1.74. The number of rotatable bonds is 10. The number of benzene rings is 1. The van der Waals surface area contributed by atoms with E-state index in [0.29, 0.717) is 11.4 Å². The Hall–Kier alpha value is -3.86. The van der Waals surface area contributed by atoms with Crippen molar-refractivity contribution in [2.24, 2.45) is 5.92 Å². The van der Waals surface area contributed by atoms with Crippen LogP contribution in [0, 0.1) is 5.92 Å². The Labute approximate surface area is 217 Å². The number of hydrogen-bond donors (Lipinski definition) is 1. The molecule has 9 nitrogen and oxygen atoms in total. The number of aliphatic hydroxyl groups excluding tert-OH is 1. The number of alkyl halides is 2. The fourth-order valence-corrected chi connectivity index (χ4v) is 4.58. The predicted molar refractivity (Wildman–Crippen MR) is 138 cm³/mol. The van der Waals surface area contributed by atoms with Crippen molar-refractivity contribution in [3.8, 4) is 17.3 Å². The van der Waals surface area contributed by atoms with Gasteiger partial charge in [0, 0.05) is 38.4 Å². The van der Waals surface area contributed by atoms with Crippen molar-refractivity contribution in [3.05, 3.63) is 75.1 Å². The van der Waals surface area contributed by atoms with Crippen LogP contribution in [0.4, 0.5) is 8.78 Å². The third kappa shape index (κ3) is 4.73. The highest BCUT2D eigenvalue weighted by atomic mass is 19.3. The molecule has 1 aliphatic rings. The van der Waals surface area contributed by atoms with E-state index >= 15 is 0 Å². The van der Waals surface area contributed by atoms with Gasteiger partial charge in [0.15, 0.2) is 11.2 Å². The van der Waals surface area contributed by atoms with E-state index in [2.05, 4.69) is 4.98 Å². The number of imidazole rings is 1. The lowest BCUT2D eigenvalue weighted by Crippen LogP contribution is -2.41. The molecule has 0 aliphatic heterocycles. The molecular formula is C27H29F2N5O4. The highest BCUT2D eigenvalue weighted by Gasteiger charge is 2.57. The van der Waals surface area contributed by atoms with Crippen LogP contribution in [0.1, 0.15) is 38.3 Å². The van der Waals surface area contributed by atoms with Crippen molar-refractivity contribution in [1.82, 2.24) is 23.7 Å². The summed E-state index contributed by atoms with van der Waals surface area (Å²) in [5.74, 6) is -3.15. The van der Waals surface area contributed by atoms with Crippen LogP contribution in [0.15, 0.2) is 58.3 Å². The molecule has 1 saturated carbocycles. The van der Waals surface area contributed by atoms with E-state index in [-0.39, 0.29) is 62.2 Å². The quantitative estimate of drug-likeness (QED) is 0.340. The molecule has 0 radical (unpaired) electrons. The minimum absolute atomic E-state index is 0.0551. The van der Waals surface area contributed by atoms with Crippen LogP contribution in [0.3, 0.4) is 0 Å². The van der Waals surface area contributed by atoms with Gasteiger partial charge in [-0.15, -0.1) is 0 Å². The van der Waals surface area contributed by atoms with Crippen molar-refractivity contribution in [3.63, 3.8) is 0 Å². The van der Waals surface area contributed by atoms with Gasteiger partial charge in [-0.05, 0) is 38.0 Å². The third-order valence-corrected chi connectivity index (χ3v) is 6.69. The van der Waals surface area contributed by atoms with E-state index in [9.17, 15) is 23.5 Å². The molecule has 1 fully saturated rings. The standard InChI is InChI=1S/C27H29F2N5O4/c1-17(2)34-23-21(25(36)32(26(34)37)12-7-13-35)33(15-18-8-4-3-5-9-18)22(31-23)20-10-6-11-30-24(20)38-16-19-14-27(19,28)29/h3-6,8-11,17,19,35H,7,12-16H2,1-2H3. The first-order valence-corrected chi connectivity index (χ1v) is 12.6. The normalized spacial score (nSPS) is 16.3. The second-order valence-electron chi connectivity index (χ2n) is 9.79. The van der Waals surface area contributed by atoms with Gasteiger partial charge < -0.3 is 14.4 Å². The topological polar surface area (TPSA) is 104 Å². The van der Waals surface area contributed by atoms with E-state index < -0.39 is 23.1 Å². The lowest BCUT2D eigenvalue weighted by molar-refractivity contribution is 0.0850. The van der Waals surface area contributed by atoms with Crippen molar-refractivity contribution < 1.29 is 18.6 Å². The first kappa shape index (κ1) is 25.8. The fourth-order valence-electron chi connectivity index (χ4n) is 4.58. The molecule has 3 aromatic heterocycles. The molecule has 1 aromatic carbocycles. The molecule has 11 heteroatoms. The van der Waals surface area contributed by atoms with Gasteiger partial charge in [-0.3, -0.25) is 13.9 Å². The zero-order chi connectivity index (χ0) is 27.0. The summed E-state index contributed by atoms with van der Waals surface area (Å²) in [6.07, 6.45) is 1.51. The number of hydrogen-bond acceptors (Lipinski definition) is 6. The molecule has 1 unspecified atom stereocenters. The summed E-state index contributed by atoms with van der Waals surface area (Å²) < 4.78 is 37.0. The van der Waals surface area contributed by atoms with Crippen LogP contribution in [0.5, 0.6) is 5.88 Å². The Kier molecular flexibility index (Phi) is 6.87. The van der Waals surface area contributed by atoms with Gasteiger partial charge >= 0.3 is 5.69 Å². The highest BCUT2D eigenvalue weighted by molar-refractivity contribution is 5.78. The average molecular weight is 526 g/mol. The highest BCUT2D eigenvalue weighted by Crippen LogP contribution is 2.48. The number of aliphatic hydroxyl groups is 1. The van der Waals surface area contributed by atoms with Crippen molar-refractivity contribution in [2.45, 2.75) is 51.7 Å². The number of ether oxygens (including phenoxy) is 1. The molecule has 5 rings (SSSR count). The van der Waals surface area contributed by atoms with Crippen LogP contribution in [0.25, 0.3) is 22.6 Å². The molecule has 0 spiro atoms. The van der Waals surface area contributed by atoms with Crippen molar-refractivity contribution in [2.75, 3.05) is 13.2 Å². The Morgan fingerprint density at radius 2 is 1.87 bits per heavy atom. The minimum atomic E-state index is -2.73. The summed E-state index contributed by atoms with van der Waals surface area (Å²) in [6.45, 7) is 3.60. The van der Waals surface area contributed by atoms with Crippen LogP contribution in [-0.2, 0) is 13.1 Å². The SMILES string of the molecule is CC(C)n1c(=O)n(CCCO)c(=O)c2c1nc(-c1cccnc1OCC1CC1(F)F)n2Cc1ccccc1. The van der Waals surface area contributed by atoms with Gasteiger partial charge in [0.1, 0.15) is 5.82 Å². The number of halogens is 2. The second kappa shape index (κ2) is 10.1. The lowest BCUT2D eigenvalue weighted by atomic mass is 10.2. The van der Waals surface area contributed by atoms with E-state index in [0.717, 1.165) is 10.1 Å². The van der Waals surface area contributed by atoms with Gasteiger partial charge in [-0.1, -0.05) is 30.3 Å². The average Bonchev–Trinajstić information content (AvgIpc) is 3.35. The summed E-state index contributed by atoms with van der Waals surface area (Å²) in [5, 5.41) is 9.35. The van der Waals surface area contributed by atoms with Crippen LogP contribution in [-0.4, -0.2) is 47.9 Å². The van der Waals surface area contributed by atoms with Crippen molar-refractivity contribution in [1.29, 1.82) is 0 Å². The van der Waals surface area contributed by atoms with Gasteiger partial charge in [0.2, 0.25) is 5.88 Å². The number of fused-ring (bicyclic) bond motifs is 1. The molecule has 1 N–H and O–H groups in total. The summed E-state index contributed by atoms with van der Waals surface area (Å²) in [7, 11) is 0. The predicted octanol–water partition coefficient (Wildman–Crippen LogP) is 3.47.